The van der Waals surface area contributed by atoms with Crippen molar-refractivity contribution in [2.24, 2.45) is 11.8 Å². The van der Waals surface area contributed by atoms with Crippen LogP contribution in [0.5, 0.6) is 0 Å². The largest absolute Gasteiger partial charge is 0.366 e. The van der Waals surface area contributed by atoms with E-state index in [1.165, 1.54) is 17.0 Å². The van der Waals surface area contributed by atoms with Gasteiger partial charge >= 0.3 is 0 Å². The van der Waals surface area contributed by atoms with Crippen molar-refractivity contribution in [2.45, 2.75) is 40.5 Å². The predicted molar refractivity (Wildman–Crippen MR) is 124 cm³/mol. The molecular weight excluding hydrogens is 403 g/mol. The highest BCUT2D eigenvalue weighted by Crippen LogP contribution is 2.36. The molecule has 0 radical (unpaired) electrons. The van der Waals surface area contributed by atoms with Crippen LogP contribution in [0.2, 0.25) is 0 Å². The van der Waals surface area contributed by atoms with Crippen LogP contribution in [0, 0.1) is 31.5 Å². The van der Waals surface area contributed by atoms with E-state index in [9.17, 15) is 14.0 Å². The lowest BCUT2D eigenvalue weighted by Crippen LogP contribution is -2.42. The van der Waals surface area contributed by atoms with Gasteiger partial charge in [0.05, 0.1) is 5.57 Å². The summed E-state index contributed by atoms with van der Waals surface area (Å²) in [7, 11) is 0. The summed E-state index contributed by atoms with van der Waals surface area (Å²) in [5.74, 6) is 0.181. The smallest absolute Gasteiger partial charge is 0.277 e. The van der Waals surface area contributed by atoms with Crippen LogP contribution in [-0.4, -0.2) is 41.2 Å². The zero-order chi connectivity index (χ0) is 23.0. The van der Waals surface area contributed by atoms with Crippen LogP contribution < -0.4 is 0 Å². The summed E-state index contributed by atoms with van der Waals surface area (Å²) in [6.07, 6.45) is 1.62. The molecule has 2 unspecified atom stereocenters. The summed E-state index contributed by atoms with van der Waals surface area (Å²) in [5.41, 5.74) is 4.91. The average molecular weight is 435 g/mol. The molecule has 2 aliphatic rings. The van der Waals surface area contributed by atoms with Crippen LogP contribution in [-0.2, 0) is 16.0 Å². The van der Waals surface area contributed by atoms with E-state index in [2.05, 4.69) is 24.8 Å². The standard InChI is InChI=1S/C27H31FN2O2/c1-17-5-10-23(20(4)14-17)24-25(29-15-18(2)13-19(3)16-29)27(32)30(26(24)31)12-11-21-6-8-22(28)9-7-21/h5-10,14,18-19H,11-13,15-16H2,1-4H3. The molecule has 1 saturated heterocycles. The number of aryl methyl sites for hydroxylation is 2. The second kappa shape index (κ2) is 8.89. The molecule has 2 heterocycles. The molecule has 2 aromatic carbocycles. The maximum atomic E-state index is 13.6. The summed E-state index contributed by atoms with van der Waals surface area (Å²) in [4.78, 5) is 30.7. The Morgan fingerprint density at radius 3 is 2.22 bits per heavy atom. The maximum Gasteiger partial charge on any atom is 0.277 e. The van der Waals surface area contributed by atoms with Crippen molar-refractivity contribution < 1.29 is 14.0 Å². The fourth-order valence-corrected chi connectivity index (χ4v) is 5.13. The van der Waals surface area contributed by atoms with E-state index in [0.29, 0.717) is 29.5 Å². The molecule has 2 aromatic rings. The fourth-order valence-electron chi connectivity index (χ4n) is 5.13. The Morgan fingerprint density at radius 2 is 1.59 bits per heavy atom. The van der Waals surface area contributed by atoms with Crippen LogP contribution in [0.25, 0.3) is 5.57 Å². The Bertz CT molecular complexity index is 1060. The van der Waals surface area contributed by atoms with E-state index < -0.39 is 0 Å². The molecule has 168 valence electrons. The van der Waals surface area contributed by atoms with Gasteiger partial charge in [-0.15, -0.1) is 0 Å². The van der Waals surface area contributed by atoms with E-state index in [4.69, 9.17) is 0 Å². The Balaban J connectivity index is 1.70. The first-order chi connectivity index (χ1) is 15.2. The first-order valence-electron chi connectivity index (χ1n) is 11.4. The number of amides is 2. The molecule has 2 amide bonds. The lowest BCUT2D eigenvalue weighted by atomic mass is 9.90. The summed E-state index contributed by atoms with van der Waals surface area (Å²) in [5, 5.41) is 0. The molecule has 1 fully saturated rings. The van der Waals surface area contributed by atoms with Gasteiger partial charge in [-0.05, 0) is 67.3 Å². The van der Waals surface area contributed by atoms with Crippen molar-refractivity contribution in [3.05, 3.63) is 76.2 Å². The van der Waals surface area contributed by atoms with E-state index >= 15 is 0 Å². The molecule has 2 aliphatic heterocycles. The van der Waals surface area contributed by atoms with E-state index in [1.807, 2.05) is 26.0 Å². The van der Waals surface area contributed by atoms with Crippen LogP contribution in [0.15, 0.2) is 48.2 Å². The number of nitrogens with zero attached hydrogens (tertiary/aromatic N) is 2. The molecule has 5 heteroatoms. The second-order valence-corrected chi connectivity index (χ2v) is 9.53. The van der Waals surface area contributed by atoms with Crippen molar-refractivity contribution in [3.63, 3.8) is 0 Å². The number of imide groups is 1. The van der Waals surface area contributed by atoms with Crippen molar-refractivity contribution in [3.8, 4) is 0 Å². The molecule has 0 bridgehead atoms. The third kappa shape index (κ3) is 4.34. The second-order valence-electron chi connectivity index (χ2n) is 9.53. The quantitative estimate of drug-likeness (QED) is 0.638. The van der Waals surface area contributed by atoms with Gasteiger partial charge in [-0.25, -0.2) is 4.39 Å². The zero-order valence-electron chi connectivity index (χ0n) is 19.3. The normalized spacial score (nSPS) is 21.7. The van der Waals surface area contributed by atoms with Gasteiger partial charge < -0.3 is 4.90 Å². The topological polar surface area (TPSA) is 40.6 Å². The first kappa shape index (κ1) is 22.3. The first-order valence-corrected chi connectivity index (χ1v) is 11.4. The van der Waals surface area contributed by atoms with Crippen molar-refractivity contribution in [1.29, 1.82) is 0 Å². The Hall–Kier alpha value is -2.95. The molecule has 4 rings (SSSR count). The van der Waals surface area contributed by atoms with Gasteiger partial charge in [-0.3, -0.25) is 14.5 Å². The van der Waals surface area contributed by atoms with Gasteiger partial charge in [0, 0.05) is 19.6 Å². The Morgan fingerprint density at radius 1 is 0.938 bits per heavy atom. The van der Waals surface area contributed by atoms with Gasteiger partial charge in [0.25, 0.3) is 11.8 Å². The maximum absolute atomic E-state index is 13.6. The van der Waals surface area contributed by atoms with Gasteiger partial charge in [-0.1, -0.05) is 49.7 Å². The number of hydrogen-bond donors (Lipinski definition) is 0. The van der Waals surface area contributed by atoms with Gasteiger partial charge in [0.1, 0.15) is 11.5 Å². The highest BCUT2D eigenvalue weighted by molar-refractivity contribution is 6.35. The Labute approximate surface area is 189 Å². The zero-order valence-corrected chi connectivity index (χ0v) is 19.3. The molecule has 0 aliphatic carbocycles. The van der Waals surface area contributed by atoms with E-state index in [1.54, 1.807) is 12.1 Å². The molecule has 2 atom stereocenters. The molecule has 0 saturated carbocycles. The number of hydrogen-bond acceptors (Lipinski definition) is 3. The number of benzene rings is 2. The third-order valence-corrected chi connectivity index (χ3v) is 6.52. The monoisotopic (exact) mass is 434 g/mol. The van der Waals surface area contributed by atoms with Crippen molar-refractivity contribution in [2.75, 3.05) is 19.6 Å². The van der Waals surface area contributed by atoms with Crippen LogP contribution in [0.1, 0.15) is 42.5 Å². The lowest BCUT2D eigenvalue weighted by molar-refractivity contribution is -0.137. The van der Waals surface area contributed by atoms with Gasteiger partial charge in [0.2, 0.25) is 0 Å². The highest BCUT2D eigenvalue weighted by atomic mass is 19.1. The number of likely N-dealkylation sites (tertiary alicyclic amines) is 1. The van der Waals surface area contributed by atoms with Gasteiger partial charge in [-0.2, -0.15) is 0 Å². The number of halogens is 1. The van der Waals surface area contributed by atoms with Crippen LogP contribution in [0.3, 0.4) is 0 Å². The SMILES string of the molecule is Cc1ccc(C2=C(N3CC(C)CC(C)C3)C(=O)N(CCc3ccc(F)cc3)C2=O)c(C)c1. The molecule has 4 nitrogen and oxygen atoms in total. The van der Waals surface area contributed by atoms with E-state index in [-0.39, 0.29) is 24.2 Å². The highest BCUT2D eigenvalue weighted by Gasteiger charge is 2.43. The fraction of sp³-hybridized carbons (Fsp3) is 0.407. The minimum absolute atomic E-state index is 0.214. The number of carbonyl (C=O) groups is 2. The molecule has 0 spiro atoms. The number of rotatable bonds is 5. The average Bonchev–Trinajstić information content (AvgIpc) is 2.97. The molecule has 0 N–H and O–H groups in total. The predicted octanol–water partition coefficient (Wildman–Crippen LogP) is 4.74. The summed E-state index contributed by atoms with van der Waals surface area (Å²) >= 11 is 0. The minimum atomic E-state index is -0.295. The molecule has 0 aromatic heterocycles. The van der Waals surface area contributed by atoms with Gasteiger partial charge in [0.15, 0.2) is 0 Å². The number of piperidine rings is 1. The third-order valence-electron chi connectivity index (χ3n) is 6.52. The number of carbonyl (C=O) groups excluding carboxylic acids is 2. The van der Waals surface area contributed by atoms with Crippen LogP contribution >= 0.6 is 0 Å². The van der Waals surface area contributed by atoms with Crippen molar-refractivity contribution in [1.82, 2.24) is 9.80 Å². The summed E-state index contributed by atoms with van der Waals surface area (Å²) < 4.78 is 13.2. The summed E-state index contributed by atoms with van der Waals surface area (Å²) in [6.45, 7) is 10.3. The van der Waals surface area contributed by atoms with E-state index in [0.717, 1.165) is 41.8 Å². The van der Waals surface area contributed by atoms with Crippen LogP contribution in [0.4, 0.5) is 4.39 Å². The molecule has 32 heavy (non-hydrogen) atoms. The van der Waals surface area contributed by atoms with Crippen molar-refractivity contribution >= 4 is 17.4 Å². The summed E-state index contributed by atoms with van der Waals surface area (Å²) in [6, 6.07) is 12.2. The lowest BCUT2D eigenvalue weighted by Gasteiger charge is -2.37. The minimum Gasteiger partial charge on any atom is -0.366 e. The molecular formula is C27H31FN2O2. The Kier molecular flexibility index (Phi) is 6.18.